The molecule has 1 aromatic heterocycles. The predicted octanol–water partition coefficient (Wildman–Crippen LogP) is 5.68. The SMILES string of the molecule is C[C@@](O)(C(=O)N1[C@H](C(=O)Nc2ccc(-c3cnc(-c4ccc(NC(=O)[C@@H]5C[C@@H]6C[C@@H]6N5C(=O)[C@@](C)(O)c5ccccc5)cc4)o3)cc2)C[C@@H]2C[C@@H]21)c1ccccc1. The first kappa shape index (κ1) is 36.5. The number of carbonyl (C=O) groups excluding carboxylic acids is 4. The molecule has 290 valence electrons. The summed E-state index contributed by atoms with van der Waals surface area (Å²) in [7, 11) is 0. The third kappa shape index (κ3) is 6.68. The first-order chi connectivity index (χ1) is 27.4. The number of rotatable bonds is 10. The minimum Gasteiger partial charge on any atom is -0.436 e. The molecule has 2 saturated heterocycles. The summed E-state index contributed by atoms with van der Waals surface area (Å²) in [5.41, 5.74) is 0.0286. The molecular formula is C45H43N5O7. The molecule has 12 nitrogen and oxygen atoms in total. The lowest BCUT2D eigenvalue weighted by Gasteiger charge is -2.33. The van der Waals surface area contributed by atoms with Crippen LogP contribution in [0.2, 0.25) is 0 Å². The molecule has 2 aliphatic carbocycles. The monoisotopic (exact) mass is 765 g/mol. The fourth-order valence-corrected chi connectivity index (χ4v) is 8.65. The van der Waals surface area contributed by atoms with E-state index in [9.17, 15) is 29.4 Å². The summed E-state index contributed by atoms with van der Waals surface area (Å²) in [5.74, 6) is -0.122. The number of carbonyl (C=O) groups is 4. The lowest BCUT2D eigenvalue weighted by atomic mass is 9.93. The molecule has 2 saturated carbocycles. The number of fused-ring (bicyclic) bond motifs is 2. The molecule has 0 unspecified atom stereocenters. The van der Waals surface area contributed by atoms with E-state index in [2.05, 4.69) is 15.6 Å². The summed E-state index contributed by atoms with van der Waals surface area (Å²) in [5, 5.41) is 28.4. The van der Waals surface area contributed by atoms with E-state index in [1.54, 1.807) is 101 Å². The maximum atomic E-state index is 13.6. The van der Waals surface area contributed by atoms with Crippen LogP contribution in [0, 0.1) is 11.8 Å². The number of hydrogen-bond donors (Lipinski definition) is 4. The van der Waals surface area contributed by atoms with Crippen LogP contribution in [0.4, 0.5) is 11.4 Å². The number of anilines is 2. The summed E-state index contributed by atoms with van der Waals surface area (Å²) in [6.45, 7) is 2.97. The van der Waals surface area contributed by atoms with Crippen LogP contribution in [0.15, 0.2) is 120 Å². The number of aliphatic hydroxyl groups is 2. The van der Waals surface area contributed by atoms with Crippen LogP contribution < -0.4 is 10.6 Å². The first-order valence-corrected chi connectivity index (χ1v) is 19.4. The average molecular weight is 766 g/mol. The van der Waals surface area contributed by atoms with Gasteiger partial charge in [-0.1, -0.05) is 60.7 Å². The van der Waals surface area contributed by atoms with Crippen molar-refractivity contribution in [3.05, 3.63) is 127 Å². The minimum atomic E-state index is -1.75. The molecule has 3 heterocycles. The van der Waals surface area contributed by atoms with E-state index in [0.29, 0.717) is 52.6 Å². The number of hydrogen-bond acceptors (Lipinski definition) is 8. The molecule has 4 aromatic carbocycles. The van der Waals surface area contributed by atoms with Gasteiger partial charge < -0.3 is 35.1 Å². The van der Waals surface area contributed by atoms with E-state index in [1.807, 2.05) is 24.3 Å². The zero-order valence-electron chi connectivity index (χ0n) is 31.5. The Labute approximate surface area is 329 Å². The Morgan fingerprint density at radius 2 is 1.04 bits per heavy atom. The molecule has 0 bridgehead atoms. The number of benzene rings is 4. The van der Waals surface area contributed by atoms with Gasteiger partial charge in [-0.25, -0.2) is 4.98 Å². The van der Waals surface area contributed by atoms with Gasteiger partial charge in [-0.3, -0.25) is 19.2 Å². The van der Waals surface area contributed by atoms with Crippen molar-refractivity contribution in [3.63, 3.8) is 0 Å². The zero-order valence-corrected chi connectivity index (χ0v) is 31.5. The smallest absolute Gasteiger partial charge is 0.259 e. The van der Waals surface area contributed by atoms with Crippen molar-refractivity contribution in [1.82, 2.24) is 14.8 Å². The van der Waals surface area contributed by atoms with E-state index in [4.69, 9.17) is 4.42 Å². The molecule has 12 heteroatoms. The Hall–Kier alpha value is -6.11. The highest BCUT2D eigenvalue weighted by molar-refractivity contribution is 6.00. The lowest BCUT2D eigenvalue weighted by Crippen LogP contribution is -2.52. The van der Waals surface area contributed by atoms with Crippen molar-refractivity contribution in [1.29, 1.82) is 0 Å². The number of aromatic nitrogens is 1. The van der Waals surface area contributed by atoms with Crippen molar-refractivity contribution in [2.45, 2.75) is 74.9 Å². The second-order valence-electron chi connectivity index (χ2n) is 16.1. The Morgan fingerprint density at radius 3 is 1.47 bits per heavy atom. The van der Waals surface area contributed by atoms with Crippen LogP contribution in [0.1, 0.15) is 50.7 Å². The summed E-state index contributed by atoms with van der Waals surface area (Å²) in [6, 6.07) is 30.4. The molecule has 57 heavy (non-hydrogen) atoms. The fourth-order valence-electron chi connectivity index (χ4n) is 8.65. The molecule has 8 atom stereocenters. The van der Waals surface area contributed by atoms with Gasteiger partial charge in [-0.05, 0) is 111 Å². The number of amides is 4. The number of piperidine rings is 2. The summed E-state index contributed by atoms with van der Waals surface area (Å²) < 4.78 is 6.09. The molecular weight excluding hydrogens is 723 g/mol. The quantitative estimate of drug-likeness (QED) is 0.141. The molecule has 0 radical (unpaired) electrons. The van der Waals surface area contributed by atoms with Crippen LogP contribution in [-0.2, 0) is 30.4 Å². The van der Waals surface area contributed by atoms with Crippen molar-refractivity contribution < 1.29 is 33.8 Å². The number of nitrogens with one attached hydrogen (secondary N) is 2. The van der Waals surface area contributed by atoms with Gasteiger partial charge in [0.25, 0.3) is 11.8 Å². The van der Waals surface area contributed by atoms with Crippen molar-refractivity contribution in [3.8, 4) is 22.8 Å². The third-order valence-corrected chi connectivity index (χ3v) is 12.1. The molecule has 5 aromatic rings. The Bertz CT molecular complexity index is 2180. The normalized spacial score (nSPS) is 25.1. The summed E-state index contributed by atoms with van der Waals surface area (Å²) in [4.78, 5) is 61.9. The number of likely N-dealkylation sites (tertiary alicyclic amines) is 2. The maximum Gasteiger partial charge on any atom is 0.259 e. The molecule has 4 aliphatic rings. The Morgan fingerprint density at radius 1 is 0.614 bits per heavy atom. The zero-order chi connectivity index (χ0) is 39.6. The molecule has 9 rings (SSSR count). The Kier molecular flexibility index (Phi) is 8.86. The van der Waals surface area contributed by atoms with E-state index in [0.717, 1.165) is 18.4 Å². The largest absolute Gasteiger partial charge is 0.436 e. The van der Waals surface area contributed by atoms with Crippen LogP contribution in [-0.4, -0.2) is 72.8 Å². The summed E-state index contributed by atoms with van der Waals surface area (Å²) in [6.07, 6.45) is 4.39. The lowest BCUT2D eigenvalue weighted by molar-refractivity contribution is -0.155. The average Bonchev–Trinajstić information content (AvgIpc) is 4.00. The molecule has 4 N–H and O–H groups in total. The van der Waals surface area contributed by atoms with Crippen LogP contribution >= 0.6 is 0 Å². The van der Waals surface area contributed by atoms with Crippen molar-refractivity contribution >= 4 is 35.0 Å². The highest BCUT2D eigenvalue weighted by atomic mass is 16.4. The van der Waals surface area contributed by atoms with Crippen molar-refractivity contribution in [2.75, 3.05) is 10.6 Å². The Balaban J connectivity index is 0.819. The number of nitrogens with zero attached hydrogens (tertiary/aromatic N) is 3. The van der Waals surface area contributed by atoms with Gasteiger partial charge in [0.15, 0.2) is 17.0 Å². The third-order valence-electron chi connectivity index (χ3n) is 12.1. The molecule has 0 spiro atoms. The van der Waals surface area contributed by atoms with Crippen LogP contribution in [0.25, 0.3) is 22.8 Å². The van der Waals surface area contributed by atoms with Gasteiger partial charge in [0.1, 0.15) is 12.1 Å². The standard InChI is InChI=1S/C45H43N5O7/c1-44(55,30-9-5-3-6-10-30)42(53)49-34-21-28(34)23-36(49)39(51)47-32-17-13-26(14-18-32)38-25-46-41(57-38)27-15-19-33(20-16-27)48-40(52)37-24-29-22-35(29)50(37)43(54)45(2,56)31-11-7-4-8-12-31/h3-20,25,28-29,34-37,55-56H,21-24H2,1-2H3,(H,47,51)(H,48,52)/t28-,29-,34-,35-,36-,37-,44-,45-/m0/s1. The highest BCUT2D eigenvalue weighted by Gasteiger charge is 2.59. The van der Waals surface area contributed by atoms with E-state index in [1.165, 1.54) is 13.8 Å². The van der Waals surface area contributed by atoms with E-state index < -0.39 is 35.1 Å². The minimum absolute atomic E-state index is 0.0447. The topological polar surface area (TPSA) is 165 Å². The van der Waals surface area contributed by atoms with E-state index >= 15 is 0 Å². The van der Waals surface area contributed by atoms with Gasteiger partial charge in [0.2, 0.25) is 17.7 Å². The number of oxazole rings is 1. The van der Waals surface area contributed by atoms with Crippen molar-refractivity contribution in [2.24, 2.45) is 11.8 Å². The van der Waals surface area contributed by atoms with E-state index in [-0.39, 0.29) is 35.7 Å². The van der Waals surface area contributed by atoms with Gasteiger partial charge in [-0.15, -0.1) is 0 Å². The first-order valence-electron chi connectivity index (χ1n) is 19.4. The van der Waals surface area contributed by atoms with Crippen LogP contribution in [0.3, 0.4) is 0 Å². The molecule has 4 amide bonds. The van der Waals surface area contributed by atoms with Gasteiger partial charge in [0.05, 0.1) is 6.20 Å². The molecule has 2 aliphatic heterocycles. The second-order valence-corrected chi connectivity index (χ2v) is 16.1. The van der Waals surface area contributed by atoms with Gasteiger partial charge >= 0.3 is 0 Å². The fraction of sp³-hybridized carbons (Fsp3) is 0.311. The van der Waals surface area contributed by atoms with Gasteiger partial charge in [0, 0.05) is 34.6 Å². The van der Waals surface area contributed by atoms with Crippen LogP contribution in [0.5, 0.6) is 0 Å². The molecule has 4 fully saturated rings. The summed E-state index contributed by atoms with van der Waals surface area (Å²) >= 11 is 0. The highest BCUT2D eigenvalue weighted by Crippen LogP contribution is 2.50. The maximum absolute atomic E-state index is 13.6. The van der Waals surface area contributed by atoms with Gasteiger partial charge in [-0.2, -0.15) is 0 Å². The predicted molar refractivity (Wildman–Crippen MR) is 211 cm³/mol. The second kappa shape index (κ2) is 13.8.